The number of nitrogens with zero attached hydrogens (tertiary/aromatic N) is 1. The molecule has 3 N–H and O–H groups in total. The lowest BCUT2D eigenvalue weighted by atomic mass is 10.1. The summed E-state index contributed by atoms with van der Waals surface area (Å²) in [4.78, 5) is 3.94. The quantitative estimate of drug-likeness (QED) is 0.414. The molecular formula is C8H19N3O. The molecule has 0 aromatic carbocycles. The van der Waals surface area contributed by atoms with Crippen molar-refractivity contribution in [1.82, 2.24) is 10.6 Å². The van der Waals surface area contributed by atoms with Crippen LogP contribution in [0.2, 0.25) is 0 Å². The van der Waals surface area contributed by atoms with E-state index in [-0.39, 0.29) is 0 Å². The van der Waals surface area contributed by atoms with Gasteiger partial charge >= 0.3 is 0 Å². The minimum atomic E-state index is -0.612. The first-order valence-corrected chi connectivity index (χ1v) is 4.10. The van der Waals surface area contributed by atoms with Crippen molar-refractivity contribution in [3.63, 3.8) is 0 Å². The molecule has 0 radical (unpaired) electrons. The zero-order valence-corrected chi connectivity index (χ0v) is 8.31. The summed E-state index contributed by atoms with van der Waals surface area (Å²) in [5.74, 6) is 0.749. The molecule has 0 fully saturated rings. The number of aliphatic hydroxyl groups is 1. The van der Waals surface area contributed by atoms with E-state index in [0.717, 1.165) is 12.5 Å². The van der Waals surface area contributed by atoms with Crippen molar-refractivity contribution in [2.24, 2.45) is 4.99 Å². The highest BCUT2D eigenvalue weighted by molar-refractivity contribution is 5.79. The highest BCUT2D eigenvalue weighted by atomic mass is 16.3. The van der Waals surface area contributed by atoms with E-state index in [9.17, 15) is 5.11 Å². The summed E-state index contributed by atoms with van der Waals surface area (Å²) >= 11 is 0. The van der Waals surface area contributed by atoms with Crippen LogP contribution in [0.4, 0.5) is 0 Å². The van der Waals surface area contributed by atoms with Gasteiger partial charge in [0.15, 0.2) is 5.96 Å². The minimum absolute atomic E-state index is 0.612. The number of hydrogen-bond donors (Lipinski definition) is 3. The number of rotatable bonds is 3. The smallest absolute Gasteiger partial charge is 0.190 e. The van der Waals surface area contributed by atoms with E-state index in [1.807, 2.05) is 0 Å². The Hall–Kier alpha value is -0.770. The number of aliphatic imine (C=N–C) groups is 1. The molecule has 0 rings (SSSR count). The van der Waals surface area contributed by atoms with Gasteiger partial charge in [-0.3, -0.25) is 4.99 Å². The maximum Gasteiger partial charge on any atom is 0.190 e. The third-order valence-electron chi connectivity index (χ3n) is 1.49. The van der Waals surface area contributed by atoms with Crippen molar-refractivity contribution < 1.29 is 5.11 Å². The number of hydrogen-bond acceptors (Lipinski definition) is 2. The summed E-state index contributed by atoms with van der Waals surface area (Å²) in [7, 11) is 3.52. The van der Waals surface area contributed by atoms with Crippen LogP contribution in [0.1, 0.15) is 20.3 Å². The predicted molar refractivity (Wildman–Crippen MR) is 51.3 cm³/mol. The van der Waals surface area contributed by atoms with E-state index in [0.29, 0.717) is 6.42 Å². The second kappa shape index (κ2) is 4.98. The average molecular weight is 173 g/mol. The molecule has 0 heterocycles. The van der Waals surface area contributed by atoms with Gasteiger partial charge in [0.2, 0.25) is 0 Å². The van der Waals surface area contributed by atoms with Crippen molar-refractivity contribution in [2.75, 3.05) is 20.6 Å². The minimum Gasteiger partial charge on any atom is -0.390 e. The van der Waals surface area contributed by atoms with Crippen LogP contribution in [0.25, 0.3) is 0 Å². The van der Waals surface area contributed by atoms with Crippen LogP contribution in [-0.4, -0.2) is 37.3 Å². The maximum atomic E-state index is 9.38. The zero-order valence-electron chi connectivity index (χ0n) is 8.31. The van der Waals surface area contributed by atoms with Gasteiger partial charge in [-0.25, -0.2) is 0 Å². The van der Waals surface area contributed by atoms with Gasteiger partial charge in [-0.1, -0.05) is 0 Å². The predicted octanol–water partition coefficient (Wildman–Crippen LogP) is -0.0578. The monoisotopic (exact) mass is 173 g/mol. The molecule has 0 aromatic heterocycles. The molecule has 0 saturated carbocycles. The molecule has 0 atom stereocenters. The Bertz CT molecular complexity index is 149. The molecule has 0 spiro atoms. The third-order valence-corrected chi connectivity index (χ3v) is 1.49. The van der Waals surface area contributed by atoms with Crippen molar-refractivity contribution in [3.8, 4) is 0 Å². The molecule has 72 valence electrons. The third kappa shape index (κ3) is 5.97. The Morgan fingerprint density at radius 2 is 2.08 bits per heavy atom. The van der Waals surface area contributed by atoms with E-state index in [1.165, 1.54) is 0 Å². The largest absolute Gasteiger partial charge is 0.390 e. The summed E-state index contributed by atoms with van der Waals surface area (Å²) in [6, 6.07) is 0. The van der Waals surface area contributed by atoms with Gasteiger partial charge in [-0.05, 0) is 20.3 Å². The van der Waals surface area contributed by atoms with E-state index in [1.54, 1.807) is 27.9 Å². The summed E-state index contributed by atoms with van der Waals surface area (Å²) in [5.41, 5.74) is -0.612. The molecule has 0 aliphatic heterocycles. The zero-order chi connectivity index (χ0) is 9.61. The highest BCUT2D eigenvalue weighted by Crippen LogP contribution is 2.04. The Morgan fingerprint density at radius 3 is 2.42 bits per heavy atom. The Labute approximate surface area is 74.1 Å². The van der Waals surface area contributed by atoms with Crippen molar-refractivity contribution >= 4 is 5.96 Å². The van der Waals surface area contributed by atoms with E-state index in [2.05, 4.69) is 15.6 Å². The second-order valence-corrected chi connectivity index (χ2v) is 3.31. The van der Waals surface area contributed by atoms with Crippen LogP contribution in [0, 0.1) is 0 Å². The van der Waals surface area contributed by atoms with Crippen LogP contribution >= 0.6 is 0 Å². The van der Waals surface area contributed by atoms with Gasteiger partial charge in [-0.2, -0.15) is 0 Å². The van der Waals surface area contributed by atoms with Crippen LogP contribution in [0.3, 0.4) is 0 Å². The van der Waals surface area contributed by atoms with Gasteiger partial charge in [-0.15, -0.1) is 0 Å². The molecule has 0 saturated heterocycles. The Balaban J connectivity index is 3.56. The maximum absolute atomic E-state index is 9.38. The summed E-state index contributed by atoms with van der Waals surface area (Å²) in [6.45, 7) is 4.30. The topological polar surface area (TPSA) is 56.7 Å². The van der Waals surface area contributed by atoms with E-state index >= 15 is 0 Å². The van der Waals surface area contributed by atoms with Gasteiger partial charge in [0.05, 0.1) is 5.60 Å². The molecular weight excluding hydrogens is 154 g/mol. The highest BCUT2D eigenvalue weighted by Gasteiger charge is 2.11. The summed E-state index contributed by atoms with van der Waals surface area (Å²) in [5, 5.41) is 15.3. The second-order valence-electron chi connectivity index (χ2n) is 3.31. The SMILES string of the molecule is CN=C(NC)NCCC(C)(C)O. The lowest BCUT2D eigenvalue weighted by molar-refractivity contribution is 0.0725. The molecule has 0 aromatic rings. The molecule has 0 bridgehead atoms. The van der Waals surface area contributed by atoms with Crippen LogP contribution in [0.5, 0.6) is 0 Å². The first-order chi connectivity index (χ1) is 5.49. The van der Waals surface area contributed by atoms with Crippen molar-refractivity contribution in [2.45, 2.75) is 25.9 Å². The standard InChI is InChI=1S/C8H19N3O/c1-8(2,12)5-6-11-7(9-3)10-4/h12H,5-6H2,1-4H3,(H2,9,10,11). The van der Waals surface area contributed by atoms with Gasteiger partial charge in [0.1, 0.15) is 0 Å². The fourth-order valence-electron chi connectivity index (χ4n) is 0.766. The van der Waals surface area contributed by atoms with E-state index in [4.69, 9.17) is 0 Å². The van der Waals surface area contributed by atoms with Gasteiger partial charge in [0, 0.05) is 20.6 Å². The summed E-state index contributed by atoms with van der Waals surface area (Å²) in [6.07, 6.45) is 0.702. The first-order valence-electron chi connectivity index (χ1n) is 4.10. The van der Waals surface area contributed by atoms with E-state index < -0.39 is 5.60 Å². The number of guanidine groups is 1. The molecule has 0 aliphatic rings. The van der Waals surface area contributed by atoms with Gasteiger partial charge < -0.3 is 15.7 Å². The van der Waals surface area contributed by atoms with Gasteiger partial charge in [0.25, 0.3) is 0 Å². The lowest BCUT2D eigenvalue weighted by Crippen LogP contribution is -2.37. The fourth-order valence-corrected chi connectivity index (χ4v) is 0.766. The molecule has 0 amide bonds. The molecule has 0 aliphatic carbocycles. The molecule has 12 heavy (non-hydrogen) atoms. The average Bonchev–Trinajstić information content (AvgIpc) is 1.96. The summed E-state index contributed by atoms with van der Waals surface area (Å²) < 4.78 is 0. The van der Waals surface area contributed by atoms with Crippen molar-refractivity contribution in [1.29, 1.82) is 0 Å². The van der Waals surface area contributed by atoms with Crippen molar-refractivity contribution in [3.05, 3.63) is 0 Å². The first kappa shape index (κ1) is 11.2. The van der Waals surface area contributed by atoms with Crippen LogP contribution < -0.4 is 10.6 Å². The normalized spacial score (nSPS) is 12.9. The fraction of sp³-hybridized carbons (Fsp3) is 0.875. The van der Waals surface area contributed by atoms with Crippen LogP contribution in [0.15, 0.2) is 4.99 Å². The number of nitrogens with one attached hydrogen (secondary N) is 2. The Morgan fingerprint density at radius 1 is 1.50 bits per heavy atom. The molecule has 4 heteroatoms. The Kier molecular flexibility index (Phi) is 4.66. The van der Waals surface area contributed by atoms with Crippen LogP contribution in [-0.2, 0) is 0 Å². The molecule has 0 unspecified atom stereocenters. The lowest BCUT2D eigenvalue weighted by Gasteiger charge is -2.17. The molecule has 4 nitrogen and oxygen atoms in total.